The molecule has 10 heteroatoms. The first-order chi connectivity index (χ1) is 7.35. The molecule has 0 unspecified atom stereocenters. The molecule has 0 aromatic carbocycles. The normalized spacial score (nSPS) is 9.33. The molecular weight excluding hydrogens is 200 g/mol. The maximum Gasteiger partial charge on any atom is 0.241 e. The summed E-state index contributed by atoms with van der Waals surface area (Å²) in [7, 11) is 0. The second kappa shape index (κ2) is 3.50. The Morgan fingerprint density at radius 1 is 1.13 bits per heavy atom. The van der Waals surface area contributed by atoms with Crippen LogP contribution in [0.25, 0.3) is 26.5 Å². The molecule has 2 aromatic heterocycles. The molecule has 72 valence electrons. The van der Waals surface area contributed by atoms with Gasteiger partial charge >= 0.3 is 0 Å². The molecule has 2 rings (SSSR count). The predicted molar refractivity (Wildman–Crippen MR) is 48.4 cm³/mol. The minimum absolute atomic E-state index is 0.0116. The largest absolute Gasteiger partial charge is 0.241 e. The van der Waals surface area contributed by atoms with E-state index in [2.05, 4.69) is 35.3 Å². The van der Waals surface area contributed by atoms with Crippen molar-refractivity contribution in [2.24, 2.45) is 10.2 Å². The van der Waals surface area contributed by atoms with E-state index in [0.717, 1.165) is 0 Å². The van der Waals surface area contributed by atoms with Gasteiger partial charge in [0.2, 0.25) is 5.95 Å². The van der Waals surface area contributed by atoms with Crippen LogP contribution in [0.4, 0.5) is 11.8 Å². The number of hydrogen-bond acceptors (Lipinski definition) is 5. The number of nitrogens with zero attached hydrogens (tertiary/aromatic N) is 10. The molecule has 15 heavy (non-hydrogen) atoms. The van der Waals surface area contributed by atoms with Crippen LogP contribution >= 0.6 is 0 Å². The van der Waals surface area contributed by atoms with Gasteiger partial charge in [-0.1, -0.05) is 0 Å². The Balaban J connectivity index is 2.71. The van der Waals surface area contributed by atoms with Crippen molar-refractivity contribution in [1.82, 2.24) is 19.8 Å². The van der Waals surface area contributed by atoms with Gasteiger partial charge in [0.25, 0.3) is 0 Å². The van der Waals surface area contributed by atoms with Gasteiger partial charge in [0, 0.05) is 9.82 Å². The summed E-state index contributed by atoms with van der Waals surface area (Å²) in [6.45, 7) is 0. The van der Waals surface area contributed by atoms with E-state index in [1.807, 2.05) is 0 Å². The average molecular weight is 202 g/mol. The van der Waals surface area contributed by atoms with Crippen molar-refractivity contribution in [3.05, 3.63) is 33.0 Å². The second-order valence-electron chi connectivity index (χ2n) is 2.34. The van der Waals surface area contributed by atoms with E-state index in [1.54, 1.807) is 6.07 Å². The fourth-order valence-corrected chi connectivity index (χ4v) is 0.969. The molecule has 2 heterocycles. The first-order valence-corrected chi connectivity index (χ1v) is 3.68. The summed E-state index contributed by atoms with van der Waals surface area (Å²) in [5, 5.41) is 17.7. The molecule has 0 N–H and O–H groups in total. The summed E-state index contributed by atoms with van der Waals surface area (Å²) < 4.78 is 1.18. The average Bonchev–Trinajstić information content (AvgIpc) is 2.63. The molecule has 0 spiro atoms. The molecule has 0 saturated carbocycles. The van der Waals surface area contributed by atoms with Crippen LogP contribution in [0, 0.1) is 0 Å². The van der Waals surface area contributed by atoms with Crippen LogP contribution in [-0.4, -0.2) is 19.8 Å². The van der Waals surface area contributed by atoms with Gasteiger partial charge in [0.05, 0.1) is 0 Å². The molecule has 0 saturated heterocycles. The van der Waals surface area contributed by atoms with Gasteiger partial charge in [0.1, 0.15) is 5.82 Å². The highest BCUT2D eigenvalue weighted by Gasteiger charge is 2.04. The summed E-state index contributed by atoms with van der Waals surface area (Å²) in [5.74, 6) is 0.127. The van der Waals surface area contributed by atoms with Crippen molar-refractivity contribution >= 4 is 17.4 Å². The quantitative estimate of drug-likeness (QED) is 0.417. The maximum atomic E-state index is 8.24. The maximum absolute atomic E-state index is 8.24. The fourth-order valence-electron chi connectivity index (χ4n) is 0.969. The Bertz CT molecular complexity index is 597. The Kier molecular flexibility index (Phi) is 2.04. The summed E-state index contributed by atoms with van der Waals surface area (Å²) in [6.07, 6.45) is 0. The molecule has 0 fully saturated rings. The Morgan fingerprint density at radius 2 is 1.93 bits per heavy atom. The number of aromatic nitrogens is 4. The van der Waals surface area contributed by atoms with Crippen molar-refractivity contribution in [2.75, 3.05) is 0 Å². The molecule has 0 aliphatic heterocycles. The van der Waals surface area contributed by atoms with Crippen LogP contribution in [0.3, 0.4) is 0 Å². The smallest absolute Gasteiger partial charge is 0.191 e. The second-order valence-corrected chi connectivity index (χ2v) is 2.34. The number of rotatable bonds is 2. The molecular formula is C5H2N10. The third-order valence-electron chi connectivity index (χ3n) is 1.51. The van der Waals surface area contributed by atoms with Crippen molar-refractivity contribution in [3.63, 3.8) is 0 Å². The van der Waals surface area contributed by atoms with Crippen molar-refractivity contribution in [1.29, 1.82) is 0 Å². The highest BCUT2D eigenvalue weighted by molar-refractivity contribution is 5.44. The van der Waals surface area contributed by atoms with E-state index < -0.39 is 0 Å². The Morgan fingerprint density at radius 3 is 2.67 bits per heavy atom. The minimum atomic E-state index is -0.0116. The van der Waals surface area contributed by atoms with E-state index in [0.29, 0.717) is 5.65 Å². The van der Waals surface area contributed by atoms with E-state index in [-0.39, 0.29) is 11.8 Å². The molecule has 2 aromatic rings. The molecule has 0 aliphatic carbocycles. The summed E-state index contributed by atoms with van der Waals surface area (Å²) >= 11 is 0. The van der Waals surface area contributed by atoms with Crippen molar-refractivity contribution < 1.29 is 0 Å². The molecule has 0 aliphatic rings. The van der Waals surface area contributed by atoms with Crippen LogP contribution in [-0.2, 0) is 0 Å². The molecule has 0 atom stereocenters. The summed E-state index contributed by atoms with van der Waals surface area (Å²) in [4.78, 5) is 5.14. The molecule has 0 radical (unpaired) electrons. The zero-order chi connectivity index (χ0) is 10.7. The first kappa shape index (κ1) is 8.75. The van der Waals surface area contributed by atoms with Crippen LogP contribution in [0.1, 0.15) is 0 Å². The highest BCUT2D eigenvalue weighted by atomic mass is 15.4. The van der Waals surface area contributed by atoms with Crippen molar-refractivity contribution in [3.8, 4) is 0 Å². The number of hydrogen-bond donors (Lipinski definition) is 0. The zero-order valence-electron chi connectivity index (χ0n) is 7.13. The molecule has 10 nitrogen and oxygen atoms in total. The van der Waals surface area contributed by atoms with Gasteiger partial charge in [-0.15, -0.1) is 10.2 Å². The van der Waals surface area contributed by atoms with Crippen LogP contribution in [0.2, 0.25) is 0 Å². The van der Waals surface area contributed by atoms with E-state index in [1.165, 1.54) is 10.6 Å². The Labute approximate surface area is 81.4 Å². The third kappa shape index (κ3) is 1.48. The van der Waals surface area contributed by atoms with Crippen LogP contribution in [0.15, 0.2) is 22.4 Å². The van der Waals surface area contributed by atoms with Gasteiger partial charge in [-0.05, 0) is 33.4 Å². The van der Waals surface area contributed by atoms with Gasteiger partial charge in [-0.25, -0.2) is 0 Å². The minimum Gasteiger partial charge on any atom is -0.191 e. The Hall–Kier alpha value is -2.83. The number of fused-ring (bicyclic) bond motifs is 1. The SMILES string of the molecule is [N-]=[N+]=Nc1ccc2nnc(N=[N+]=[N-])n2n1. The fraction of sp³-hybridized carbons (Fsp3) is 0. The van der Waals surface area contributed by atoms with E-state index in [4.69, 9.17) is 11.1 Å². The van der Waals surface area contributed by atoms with Crippen LogP contribution in [0.5, 0.6) is 0 Å². The van der Waals surface area contributed by atoms with Crippen molar-refractivity contribution in [2.45, 2.75) is 0 Å². The molecule has 0 bridgehead atoms. The monoisotopic (exact) mass is 202 g/mol. The lowest BCUT2D eigenvalue weighted by Crippen LogP contribution is -1.89. The number of azide groups is 2. The lowest BCUT2D eigenvalue weighted by atomic mass is 10.5. The lowest BCUT2D eigenvalue weighted by molar-refractivity contribution is 0.918. The lowest BCUT2D eigenvalue weighted by Gasteiger charge is -1.93. The standard InChI is InChI=1S/C5H2N10/c6-13-8-3-1-2-4-9-10-5(11-14-7)15(4)12-3/h1-2H. The first-order valence-electron chi connectivity index (χ1n) is 3.68. The molecule has 0 amide bonds. The highest BCUT2D eigenvalue weighted by Crippen LogP contribution is 2.14. The van der Waals surface area contributed by atoms with Gasteiger partial charge in [0.15, 0.2) is 5.65 Å². The predicted octanol–water partition coefficient (Wildman–Crippen LogP) is 2.01. The summed E-state index contributed by atoms with van der Waals surface area (Å²) in [5.41, 5.74) is 16.8. The van der Waals surface area contributed by atoms with Gasteiger partial charge < -0.3 is 0 Å². The zero-order valence-corrected chi connectivity index (χ0v) is 7.13. The van der Waals surface area contributed by atoms with Gasteiger partial charge in [-0.2, -0.15) is 9.61 Å². The van der Waals surface area contributed by atoms with E-state index in [9.17, 15) is 0 Å². The van der Waals surface area contributed by atoms with Gasteiger partial charge in [-0.3, -0.25) is 0 Å². The third-order valence-corrected chi connectivity index (χ3v) is 1.51. The van der Waals surface area contributed by atoms with Crippen LogP contribution < -0.4 is 0 Å². The van der Waals surface area contributed by atoms with E-state index >= 15 is 0 Å². The topological polar surface area (TPSA) is 141 Å². The summed E-state index contributed by atoms with van der Waals surface area (Å²) in [6, 6.07) is 3.02.